The maximum absolute atomic E-state index is 2.15. The van der Waals surface area contributed by atoms with Crippen LogP contribution in [-0.2, 0) is 0 Å². The first-order valence-corrected chi connectivity index (χ1v) is 5.47. The fourth-order valence-electron chi connectivity index (χ4n) is 0.961. The van der Waals surface area contributed by atoms with Gasteiger partial charge in [-0.15, -0.1) is 12.4 Å². The van der Waals surface area contributed by atoms with Crippen LogP contribution in [0.2, 0.25) is 0 Å². The van der Waals surface area contributed by atoms with Crippen molar-refractivity contribution >= 4 is 35.9 Å². The number of hydrogen-bond donors (Lipinski definition) is 0. The van der Waals surface area contributed by atoms with E-state index in [2.05, 4.69) is 47.3 Å². The van der Waals surface area contributed by atoms with Crippen molar-refractivity contribution in [3.05, 3.63) is 57.1 Å². The molecule has 2 aliphatic rings. The molecule has 0 aromatic rings. The Balaban J connectivity index is 0.000000845. The van der Waals surface area contributed by atoms with Gasteiger partial charge in [-0.1, -0.05) is 47.8 Å². The lowest BCUT2D eigenvalue weighted by atomic mass is 10.3. The van der Waals surface area contributed by atoms with Gasteiger partial charge in [0, 0.05) is 9.81 Å². The van der Waals surface area contributed by atoms with Gasteiger partial charge in [0.05, 0.1) is 0 Å². The van der Waals surface area contributed by atoms with Crippen LogP contribution in [0.25, 0.3) is 0 Å². The Bertz CT molecular complexity index is 290. The van der Waals surface area contributed by atoms with E-state index in [-0.39, 0.29) is 12.4 Å². The first-order chi connectivity index (χ1) is 5.97. The molecular formula is C10H9ClS2. The van der Waals surface area contributed by atoms with Crippen LogP contribution in [0.1, 0.15) is 0 Å². The molecule has 0 atom stereocenters. The quantitative estimate of drug-likeness (QED) is 0.608. The van der Waals surface area contributed by atoms with Gasteiger partial charge >= 0.3 is 0 Å². The Hall–Kier alpha value is -0.310. The van der Waals surface area contributed by atoms with E-state index in [0.29, 0.717) is 0 Å². The van der Waals surface area contributed by atoms with E-state index in [1.807, 2.05) is 0 Å². The molecule has 0 bridgehead atoms. The van der Waals surface area contributed by atoms with E-state index in [4.69, 9.17) is 0 Å². The molecule has 2 aliphatic heterocycles. The molecule has 0 nitrogen and oxygen atoms in total. The molecule has 2 heterocycles. The van der Waals surface area contributed by atoms with Gasteiger partial charge in [0.25, 0.3) is 0 Å². The van der Waals surface area contributed by atoms with Gasteiger partial charge in [0.15, 0.2) is 0 Å². The van der Waals surface area contributed by atoms with Crippen molar-refractivity contribution in [1.82, 2.24) is 0 Å². The van der Waals surface area contributed by atoms with E-state index in [1.165, 1.54) is 9.81 Å². The Morgan fingerprint density at radius 1 is 0.692 bits per heavy atom. The van der Waals surface area contributed by atoms with Crippen LogP contribution < -0.4 is 0 Å². The van der Waals surface area contributed by atoms with Gasteiger partial charge in [-0.2, -0.15) is 0 Å². The molecule has 0 radical (unpaired) electrons. The zero-order valence-electron chi connectivity index (χ0n) is 6.84. The lowest BCUT2D eigenvalue weighted by Crippen LogP contribution is -1.80. The standard InChI is InChI=1S/C10H8S2.ClH/c1-3-7-11-9(5-1)10-6-2-4-8-12-10;/h1-8H;1H. The summed E-state index contributed by atoms with van der Waals surface area (Å²) >= 11 is 3.55. The van der Waals surface area contributed by atoms with Crippen molar-refractivity contribution in [2.24, 2.45) is 0 Å². The third kappa shape index (κ3) is 2.83. The van der Waals surface area contributed by atoms with Gasteiger partial charge in [-0.25, -0.2) is 0 Å². The van der Waals surface area contributed by atoms with Gasteiger partial charge in [-0.3, -0.25) is 0 Å². The summed E-state index contributed by atoms with van der Waals surface area (Å²) < 4.78 is 0. The summed E-state index contributed by atoms with van der Waals surface area (Å²) in [5.41, 5.74) is 0. The Morgan fingerprint density at radius 3 is 1.46 bits per heavy atom. The molecule has 0 saturated carbocycles. The molecule has 0 aromatic carbocycles. The Labute approximate surface area is 93.0 Å². The average Bonchev–Trinajstić information content (AvgIpc) is 2.21. The van der Waals surface area contributed by atoms with Crippen LogP contribution >= 0.6 is 35.9 Å². The summed E-state index contributed by atoms with van der Waals surface area (Å²) in [5, 5.41) is 4.21. The molecule has 13 heavy (non-hydrogen) atoms. The lowest BCUT2D eigenvalue weighted by Gasteiger charge is -2.07. The lowest BCUT2D eigenvalue weighted by molar-refractivity contribution is 1.77. The van der Waals surface area contributed by atoms with Crippen LogP contribution in [0.3, 0.4) is 0 Å². The number of allylic oxidation sites excluding steroid dienone is 6. The first-order valence-electron chi connectivity index (χ1n) is 3.71. The summed E-state index contributed by atoms with van der Waals surface area (Å²) in [6, 6.07) is 0. The summed E-state index contributed by atoms with van der Waals surface area (Å²) in [5.74, 6) is 0. The molecule has 0 unspecified atom stereocenters. The average molecular weight is 229 g/mol. The minimum Gasteiger partial charge on any atom is -0.147 e. The van der Waals surface area contributed by atoms with Crippen molar-refractivity contribution in [2.45, 2.75) is 0 Å². The smallest absolute Gasteiger partial charge is 0.0255 e. The number of rotatable bonds is 0. The number of halogens is 1. The monoisotopic (exact) mass is 228 g/mol. The van der Waals surface area contributed by atoms with E-state index < -0.39 is 0 Å². The number of thioether (sulfide) groups is 2. The second-order valence-electron chi connectivity index (χ2n) is 2.34. The second kappa shape index (κ2) is 5.43. The van der Waals surface area contributed by atoms with Crippen molar-refractivity contribution in [1.29, 1.82) is 0 Å². The molecule has 2 rings (SSSR count). The summed E-state index contributed by atoms with van der Waals surface area (Å²) in [6.07, 6.45) is 12.6. The minimum absolute atomic E-state index is 0. The summed E-state index contributed by atoms with van der Waals surface area (Å²) in [6.45, 7) is 0. The van der Waals surface area contributed by atoms with Gasteiger partial charge in [0.1, 0.15) is 0 Å². The van der Waals surface area contributed by atoms with E-state index in [1.54, 1.807) is 23.5 Å². The van der Waals surface area contributed by atoms with E-state index in [9.17, 15) is 0 Å². The Morgan fingerprint density at radius 2 is 1.15 bits per heavy atom. The maximum Gasteiger partial charge on any atom is 0.0255 e. The predicted octanol–water partition coefficient (Wildman–Crippen LogP) is 4.25. The summed E-state index contributed by atoms with van der Waals surface area (Å²) in [4.78, 5) is 2.67. The van der Waals surface area contributed by atoms with Gasteiger partial charge < -0.3 is 0 Å². The number of hydrogen-bond acceptors (Lipinski definition) is 2. The molecule has 0 saturated heterocycles. The molecule has 68 valence electrons. The zero-order valence-corrected chi connectivity index (χ0v) is 9.29. The van der Waals surface area contributed by atoms with E-state index >= 15 is 0 Å². The van der Waals surface area contributed by atoms with Crippen LogP contribution in [0, 0.1) is 0 Å². The fourth-order valence-corrected chi connectivity index (χ4v) is 2.56. The van der Waals surface area contributed by atoms with Gasteiger partial charge in [0.2, 0.25) is 0 Å². The highest BCUT2D eigenvalue weighted by Gasteiger charge is 2.03. The van der Waals surface area contributed by atoms with Crippen LogP contribution in [0.5, 0.6) is 0 Å². The molecule has 0 aromatic heterocycles. The molecule has 0 fully saturated rings. The SMILES string of the molecule is C1=CSC(=C2C=CC=CS2)C=C1.Cl. The third-order valence-corrected chi connectivity index (χ3v) is 3.44. The van der Waals surface area contributed by atoms with Crippen LogP contribution in [-0.4, -0.2) is 0 Å². The molecule has 3 heteroatoms. The van der Waals surface area contributed by atoms with Crippen molar-refractivity contribution in [3.8, 4) is 0 Å². The molecule has 0 aliphatic carbocycles. The topological polar surface area (TPSA) is 0 Å². The molecule has 0 amide bonds. The molecule has 0 spiro atoms. The Kier molecular flexibility index (Phi) is 4.50. The fraction of sp³-hybridized carbons (Fsp3) is 0. The normalized spacial score (nSPS) is 24.6. The van der Waals surface area contributed by atoms with Gasteiger partial charge in [-0.05, 0) is 23.0 Å². The highest BCUT2D eigenvalue weighted by atomic mass is 35.5. The van der Waals surface area contributed by atoms with Crippen molar-refractivity contribution in [3.63, 3.8) is 0 Å². The third-order valence-electron chi connectivity index (χ3n) is 1.51. The van der Waals surface area contributed by atoms with Crippen molar-refractivity contribution < 1.29 is 0 Å². The van der Waals surface area contributed by atoms with Crippen LogP contribution in [0.4, 0.5) is 0 Å². The predicted molar refractivity (Wildman–Crippen MR) is 66.0 cm³/mol. The zero-order chi connectivity index (χ0) is 8.23. The second-order valence-corrected chi connectivity index (χ2v) is 4.23. The highest BCUT2D eigenvalue weighted by Crippen LogP contribution is 2.34. The first kappa shape index (κ1) is 10.8. The highest BCUT2D eigenvalue weighted by molar-refractivity contribution is 8.09. The minimum atomic E-state index is 0. The molecular weight excluding hydrogens is 220 g/mol. The van der Waals surface area contributed by atoms with Crippen molar-refractivity contribution in [2.75, 3.05) is 0 Å². The largest absolute Gasteiger partial charge is 0.147 e. The summed E-state index contributed by atoms with van der Waals surface area (Å²) in [7, 11) is 0. The maximum atomic E-state index is 2.15. The van der Waals surface area contributed by atoms with Crippen LogP contribution in [0.15, 0.2) is 57.1 Å². The molecule has 0 N–H and O–H groups in total. The van der Waals surface area contributed by atoms with E-state index in [0.717, 1.165) is 0 Å².